The molecule has 0 radical (unpaired) electrons. The molecule has 0 saturated heterocycles. The van der Waals surface area contributed by atoms with Crippen LogP contribution in [0.1, 0.15) is 18.9 Å². The number of benzene rings is 1. The van der Waals surface area contributed by atoms with Crippen molar-refractivity contribution >= 4 is 17.6 Å². The standard InChI is InChI=1S/C24H27ClO6/c1-4-30-22(23(26)27)16-18-10-11-21(20(25)15-18)31-14-7-5-6-12-24(29-3)13-8-9-19(17-24)28-2/h5,7-11,13,15,22H,4,14,16-17H2,1-3H3,(H,26,27)/t22-,24?/m0/s1. The van der Waals surface area contributed by atoms with Crippen LogP contribution < -0.4 is 4.74 Å². The molecule has 0 spiro atoms. The molecule has 1 N–H and O–H groups in total. The first-order chi connectivity index (χ1) is 14.9. The quantitative estimate of drug-likeness (QED) is 0.543. The third-order valence-corrected chi connectivity index (χ3v) is 4.89. The molecule has 7 heteroatoms. The van der Waals surface area contributed by atoms with Gasteiger partial charge in [0.05, 0.1) is 17.9 Å². The second-order valence-electron chi connectivity index (χ2n) is 6.70. The number of ether oxygens (including phenoxy) is 4. The smallest absolute Gasteiger partial charge is 0.333 e. The lowest BCUT2D eigenvalue weighted by Gasteiger charge is -2.26. The Kier molecular flexibility index (Phi) is 9.67. The zero-order chi connectivity index (χ0) is 22.7. The van der Waals surface area contributed by atoms with E-state index in [-0.39, 0.29) is 13.0 Å². The van der Waals surface area contributed by atoms with Gasteiger partial charge in [0.2, 0.25) is 0 Å². The fourth-order valence-electron chi connectivity index (χ4n) is 2.93. The molecule has 2 atom stereocenters. The first kappa shape index (κ1) is 24.5. The van der Waals surface area contributed by atoms with E-state index in [9.17, 15) is 9.90 Å². The Labute approximate surface area is 188 Å². The Bertz CT molecular complexity index is 908. The van der Waals surface area contributed by atoms with Crippen LogP contribution in [0.2, 0.25) is 5.02 Å². The van der Waals surface area contributed by atoms with Crippen molar-refractivity contribution in [3.05, 3.63) is 64.9 Å². The number of aliphatic carboxylic acids is 1. The van der Waals surface area contributed by atoms with Gasteiger partial charge in [0.15, 0.2) is 11.7 Å². The Morgan fingerprint density at radius 2 is 2.19 bits per heavy atom. The van der Waals surface area contributed by atoms with Crippen molar-refractivity contribution in [3.63, 3.8) is 0 Å². The number of rotatable bonds is 10. The SMILES string of the molecule is CCO[C@@H](Cc1ccc(OCC=CC#CC2(OC)C=CC=C(OC)C2)c(Cl)c1)C(=O)O. The van der Waals surface area contributed by atoms with Crippen LogP contribution in [-0.2, 0) is 25.4 Å². The van der Waals surface area contributed by atoms with Crippen LogP contribution in [0.5, 0.6) is 5.75 Å². The number of methoxy groups -OCH3 is 2. The van der Waals surface area contributed by atoms with Crippen molar-refractivity contribution in [2.45, 2.75) is 31.5 Å². The molecule has 1 aliphatic carbocycles. The number of hydrogen-bond donors (Lipinski definition) is 1. The van der Waals surface area contributed by atoms with E-state index in [0.717, 1.165) is 11.3 Å². The zero-order valence-electron chi connectivity index (χ0n) is 17.9. The second kappa shape index (κ2) is 12.2. The van der Waals surface area contributed by atoms with Crippen LogP contribution in [0.4, 0.5) is 0 Å². The van der Waals surface area contributed by atoms with E-state index in [2.05, 4.69) is 11.8 Å². The molecule has 0 bridgehead atoms. The highest BCUT2D eigenvalue weighted by molar-refractivity contribution is 6.32. The van der Waals surface area contributed by atoms with Gasteiger partial charge in [-0.15, -0.1) is 0 Å². The van der Waals surface area contributed by atoms with Gasteiger partial charge in [-0.05, 0) is 48.9 Å². The van der Waals surface area contributed by atoms with E-state index in [0.29, 0.717) is 23.8 Å². The molecule has 0 aliphatic heterocycles. The lowest BCUT2D eigenvalue weighted by molar-refractivity contribution is -0.149. The average molecular weight is 447 g/mol. The lowest BCUT2D eigenvalue weighted by Crippen LogP contribution is -2.29. The van der Waals surface area contributed by atoms with Crippen molar-refractivity contribution in [1.82, 2.24) is 0 Å². The number of allylic oxidation sites excluding steroid dienone is 3. The summed E-state index contributed by atoms with van der Waals surface area (Å²) >= 11 is 6.27. The number of carboxylic acids is 1. The highest BCUT2D eigenvalue weighted by atomic mass is 35.5. The average Bonchev–Trinajstić information content (AvgIpc) is 2.77. The molecular weight excluding hydrogens is 420 g/mol. The van der Waals surface area contributed by atoms with Crippen molar-refractivity contribution in [1.29, 1.82) is 0 Å². The molecule has 0 aromatic heterocycles. The van der Waals surface area contributed by atoms with E-state index in [1.54, 1.807) is 51.5 Å². The third-order valence-electron chi connectivity index (χ3n) is 4.59. The van der Waals surface area contributed by atoms with Crippen molar-refractivity contribution in [3.8, 4) is 17.6 Å². The Morgan fingerprint density at radius 1 is 1.39 bits per heavy atom. The molecule has 31 heavy (non-hydrogen) atoms. The topological polar surface area (TPSA) is 74.2 Å². The van der Waals surface area contributed by atoms with Crippen LogP contribution in [0.3, 0.4) is 0 Å². The molecule has 1 unspecified atom stereocenters. The summed E-state index contributed by atoms with van der Waals surface area (Å²) in [6, 6.07) is 5.18. The minimum Gasteiger partial charge on any atom is -0.501 e. The molecule has 1 aromatic carbocycles. The highest BCUT2D eigenvalue weighted by Gasteiger charge is 2.28. The summed E-state index contributed by atoms with van der Waals surface area (Å²) in [5, 5.41) is 9.60. The normalized spacial score (nSPS) is 18.8. The molecule has 0 saturated carbocycles. The second-order valence-corrected chi connectivity index (χ2v) is 7.11. The van der Waals surface area contributed by atoms with E-state index in [1.165, 1.54) is 0 Å². The van der Waals surface area contributed by atoms with Crippen LogP contribution >= 0.6 is 11.6 Å². The van der Waals surface area contributed by atoms with Crippen molar-refractivity contribution in [2.75, 3.05) is 27.4 Å². The van der Waals surface area contributed by atoms with Crippen LogP contribution in [0.25, 0.3) is 0 Å². The first-order valence-electron chi connectivity index (χ1n) is 9.84. The maximum atomic E-state index is 11.2. The number of hydrogen-bond acceptors (Lipinski definition) is 5. The third kappa shape index (κ3) is 7.48. The minimum absolute atomic E-state index is 0.230. The van der Waals surface area contributed by atoms with Gasteiger partial charge < -0.3 is 24.1 Å². The Balaban J connectivity index is 1.91. The summed E-state index contributed by atoms with van der Waals surface area (Å²) in [4.78, 5) is 11.2. The lowest BCUT2D eigenvalue weighted by atomic mass is 9.94. The fraction of sp³-hybridized carbons (Fsp3) is 0.375. The van der Waals surface area contributed by atoms with Gasteiger partial charge >= 0.3 is 5.97 Å². The van der Waals surface area contributed by atoms with Gasteiger partial charge in [-0.1, -0.05) is 35.6 Å². The molecule has 0 heterocycles. The van der Waals surface area contributed by atoms with E-state index in [1.807, 2.05) is 18.2 Å². The molecule has 0 fully saturated rings. The molecule has 2 rings (SSSR count). The minimum atomic E-state index is -1.00. The van der Waals surface area contributed by atoms with E-state index in [4.69, 9.17) is 30.5 Å². The number of halogens is 1. The molecule has 0 amide bonds. The van der Waals surface area contributed by atoms with Gasteiger partial charge in [0, 0.05) is 26.6 Å². The van der Waals surface area contributed by atoms with Gasteiger partial charge in [0.25, 0.3) is 0 Å². The summed E-state index contributed by atoms with van der Waals surface area (Å²) in [5.41, 5.74) is 0.0502. The molecule has 1 aromatic rings. The Hall–Kier alpha value is -2.72. The van der Waals surface area contributed by atoms with Gasteiger partial charge in [-0.3, -0.25) is 0 Å². The van der Waals surface area contributed by atoms with Gasteiger partial charge in [0.1, 0.15) is 12.4 Å². The summed E-state index contributed by atoms with van der Waals surface area (Å²) < 4.78 is 21.7. The maximum absolute atomic E-state index is 11.2. The van der Waals surface area contributed by atoms with Crippen LogP contribution in [-0.4, -0.2) is 50.2 Å². The highest BCUT2D eigenvalue weighted by Crippen LogP contribution is 2.27. The van der Waals surface area contributed by atoms with Gasteiger partial charge in [-0.2, -0.15) is 0 Å². The maximum Gasteiger partial charge on any atom is 0.333 e. The predicted molar refractivity (Wildman–Crippen MR) is 119 cm³/mol. The zero-order valence-corrected chi connectivity index (χ0v) is 18.6. The van der Waals surface area contributed by atoms with Crippen LogP contribution in [0.15, 0.2) is 54.3 Å². The summed E-state index contributed by atoms with van der Waals surface area (Å²) in [6.45, 7) is 2.36. The largest absolute Gasteiger partial charge is 0.501 e. The van der Waals surface area contributed by atoms with E-state index < -0.39 is 17.7 Å². The molecular formula is C24H27ClO6. The summed E-state index contributed by atoms with van der Waals surface area (Å²) in [6.07, 6.45) is 8.99. The fourth-order valence-corrected chi connectivity index (χ4v) is 3.19. The molecule has 166 valence electrons. The summed E-state index contributed by atoms with van der Waals surface area (Å²) in [7, 11) is 3.24. The summed E-state index contributed by atoms with van der Waals surface area (Å²) in [5.74, 6) is 6.38. The Morgan fingerprint density at radius 3 is 2.84 bits per heavy atom. The first-order valence-corrected chi connectivity index (χ1v) is 10.2. The van der Waals surface area contributed by atoms with Gasteiger partial charge in [-0.25, -0.2) is 4.79 Å². The number of carboxylic acid groups (broad SMARTS) is 1. The molecule has 6 nitrogen and oxygen atoms in total. The van der Waals surface area contributed by atoms with Crippen molar-refractivity contribution in [2.24, 2.45) is 0 Å². The predicted octanol–water partition coefficient (Wildman–Crippen LogP) is 4.19. The van der Waals surface area contributed by atoms with Crippen molar-refractivity contribution < 1.29 is 28.8 Å². The monoisotopic (exact) mass is 446 g/mol. The molecule has 1 aliphatic rings. The van der Waals surface area contributed by atoms with E-state index >= 15 is 0 Å². The number of carbonyl (C=O) groups is 1. The van der Waals surface area contributed by atoms with Crippen LogP contribution in [0, 0.1) is 11.8 Å².